The predicted molar refractivity (Wildman–Crippen MR) is 112 cm³/mol. The van der Waals surface area contributed by atoms with Crippen LogP contribution < -0.4 is 10.9 Å². The summed E-state index contributed by atoms with van der Waals surface area (Å²) in [6.45, 7) is 5.36. The van der Waals surface area contributed by atoms with Crippen molar-refractivity contribution >= 4 is 34.3 Å². The maximum absolute atomic E-state index is 13.2. The van der Waals surface area contributed by atoms with E-state index in [1.54, 1.807) is 24.3 Å². The first-order valence-corrected chi connectivity index (χ1v) is 9.84. The quantitative estimate of drug-likeness (QED) is 0.347. The number of alkyl halides is 3. The summed E-state index contributed by atoms with van der Waals surface area (Å²) >= 11 is 0.991. The number of hydrogen-bond donors (Lipinski definition) is 1. The van der Waals surface area contributed by atoms with Crippen molar-refractivity contribution in [3.8, 4) is 0 Å². The van der Waals surface area contributed by atoms with E-state index in [2.05, 4.69) is 16.9 Å². The number of carbonyl (C=O) groups excluding carboxylic acids is 1. The van der Waals surface area contributed by atoms with Crippen LogP contribution in [-0.2, 0) is 17.5 Å². The molecule has 0 aliphatic heterocycles. The van der Waals surface area contributed by atoms with Gasteiger partial charge in [-0.2, -0.15) is 13.2 Å². The summed E-state index contributed by atoms with van der Waals surface area (Å²) in [5, 5.41) is 2.23. The zero-order valence-corrected chi connectivity index (χ0v) is 16.8. The molecular weight excluding hydrogens is 415 g/mol. The lowest BCUT2D eigenvalue weighted by Crippen LogP contribution is -2.27. The van der Waals surface area contributed by atoms with Gasteiger partial charge in [-0.15, -0.1) is 6.58 Å². The van der Waals surface area contributed by atoms with Crippen molar-refractivity contribution in [3.63, 3.8) is 0 Å². The molecule has 2 aromatic carbocycles. The maximum atomic E-state index is 13.2. The molecule has 0 aliphatic carbocycles. The number of benzene rings is 2. The lowest BCUT2D eigenvalue weighted by molar-refractivity contribution is -0.137. The first kappa shape index (κ1) is 21.6. The summed E-state index contributed by atoms with van der Waals surface area (Å²) in [7, 11) is 0. The number of rotatable bonds is 6. The molecule has 30 heavy (non-hydrogen) atoms. The molecule has 0 bridgehead atoms. The van der Waals surface area contributed by atoms with Crippen molar-refractivity contribution in [3.05, 3.63) is 77.1 Å². The topological polar surface area (TPSA) is 64.0 Å². The number of halogens is 3. The lowest BCUT2D eigenvalue weighted by atomic mass is 10.1. The van der Waals surface area contributed by atoms with E-state index >= 15 is 0 Å². The number of fused-ring (bicyclic) bond motifs is 1. The van der Waals surface area contributed by atoms with E-state index in [9.17, 15) is 22.8 Å². The number of anilines is 1. The Hall–Kier alpha value is -3.07. The average molecular weight is 433 g/mol. The zero-order valence-electron chi connectivity index (χ0n) is 15.9. The van der Waals surface area contributed by atoms with E-state index in [0.29, 0.717) is 10.9 Å². The molecule has 1 aromatic heterocycles. The minimum absolute atomic E-state index is 0.185. The third-order valence-corrected chi connectivity index (χ3v) is 5.37. The van der Waals surface area contributed by atoms with Gasteiger partial charge < -0.3 is 5.32 Å². The Bertz CT molecular complexity index is 1160. The number of thioether (sulfide) groups is 1. The van der Waals surface area contributed by atoms with Crippen molar-refractivity contribution < 1.29 is 18.0 Å². The fourth-order valence-electron chi connectivity index (χ4n) is 2.81. The molecule has 3 rings (SSSR count). The second-order valence-corrected chi connectivity index (χ2v) is 7.72. The number of para-hydroxylation sites is 2. The molecule has 3 aromatic rings. The number of amides is 1. The van der Waals surface area contributed by atoms with Crippen LogP contribution in [0.3, 0.4) is 0 Å². The smallest absolute Gasteiger partial charge is 0.325 e. The Labute approximate surface area is 174 Å². The molecule has 1 heterocycles. The van der Waals surface area contributed by atoms with E-state index in [1.807, 2.05) is 0 Å². The Balaban J connectivity index is 1.89. The van der Waals surface area contributed by atoms with Crippen molar-refractivity contribution in [2.24, 2.45) is 0 Å². The van der Waals surface area contributed by atoms with Gasteiger partial charge in [0.25, 0.3) is 5.56 Å². The largest absolute Gasteiger partial charge is 0.418 e. The molecular formula is C21H18F3N3O2S. The number of nitrogens with one attached hydrogen (secondary N) is 1. The number of nitrogens with zero attached hydrogens (tertiary/aromatic N) is 2. The molecule has 0 saturated heterocycles. The molecule has 1 N–H and O–H groups in total. The zero-order chi connectivity index (χ0) is 21.9. The molecule has 0 fully saturated rings. The van der Waals surface area contributed by atoms with Gasteiger partial charge in [0.2, 0.25) is 5.91 Å². The van der Waals surface area contributed by atoms with Crippen LogP contribution in [0, 0.1) is 0 Å². The van der Waals surface area contributed by atoms with Crippen LogP contribution in [0.25, 0.3) is 10.9 Å². The highest BCUT2D eigenvalue weighted by molar-refractivity contribution is 8.00. The highest BCUT2D eigenvalue weighted by Gasteiger charge is 2.34. The van der Waals surface area contributed by atoms with Crippen molar-refractivity contribution in [2.45, 2.75) is 30.1 Å². The molecule has 1 atom stereocenters. The number of aromatic nitrogens is 2. The van der Waals surface area contributed by atoms with Gasteiger partial charge in [0.05, 0.1) is 27.4 Å². The molecule has 0 spiro atoms. The molecule has 0 radical (unpaired) electrons. The predicted octanol–water partition coefficient (Wildman–Crippen LogP) is 4.72. The number of allylic oxidation sites excluding steroid dienone is 1. The van der Waals surface area contributed by atoms with Gasteiger partial charge in [-0.25, -0.2) is 4.98 Å². The molecule has 156 valence electrons. The molecule has 1 amide bonds. The van der Waals surface area contributed by atoms with E-state index in [-0.39, 0.29) is 22.9 Å². The lowest BCUT2D eigenvalue weighted by Gasteiger charge is -2.17. The summed E-state index contributed by atoms with van der Waals surface area (Å²) < 4.78 is 40.9. The summed E-state index contributed by atoms with van der Waals surface area (Å²) in [5.41, 5.74) is -1.06. The Kier molecular flexibility index (Phi) is 6.31. The fourth-order valence-corrected chi connectivity index (χ4v) is 3.73. The van der Waals surface area contributed by atoms with Gasteiger partial charge >= 0.3 is 6.18 Å². The maximum Gasteiger partial charge on any atom is 0.418 e. The van der Waals surface area contributed by atoms with Gasteiger partial charge in [0.15, 0.2) is 5.16 Å². The minimum Gasteiger partial charge on any atom is -0.325 e. The van der Waals surface area contributed by atoms with Gasteiger partial charge in [-0.3, -0.25) is 14.2 Å². The van der Waals surface area contributed by atoms with Gasteiger partial charge in [-0.05, 0) is 31.2 Å². The van der Waals surface area contributed by atoms with E-state index in [1.165, 1.54) is 35.8 Å². The third kappa shape index (κ3) is 4.56. The summed E-state index contributed by atoms with van der Waals surface area (Å²) in [4.78, 5) is 29.8. The van der Waals surface area contributed by atoms with Crippen LogP contribution in [0.1, 0.15) is 12.5 Å². The third-order valence-electron chi connectivity index (χ3n) is 4.28. The van der Waals surface area contributed by atoms with Gasteiger partial charge in [0, 0.05) is 6.54 Å². The molecule has 9 heteroatoms. The second-order valence-electron chi connectivity index (χ2n) is 6.41. The van der Waals surface area contributed by atoms with Crippen molar-refractivity contribution in [1.29, 1.82) is 0 Å². The first-order chi connectivity index (χ1) is 14.2. The van der Waals surface area contributed by atoms with E-state index in [0.717, 1.165) is 17.8 Å². The molecule has 0 saturated carbocycles. The second kappa shape index (κ2) is 8.74. The minimum atomic E-state index is -4.59. The van der Waals surface area contributed by atoms with Crippen molar-refractivity contribution in [1.82, 2.24) is 9.55 Å². The Morgan fingerprint density at radius 1 is 1.23 bits per heavy atom. The summed E-state index contributed by atoms with van der Waals surface area (Å²) in [6, 6.07) is 11.6. The monoisotopic (exact) mass is 433 g/mol. The highest BCUT2D eigenvalue weighted by Crippen LogP contribution is 2.35. The summed E-state index contributed by atoms with van der Waals surface area (Å²) in [5.74, 6) is -0.635. The summed E-state index contributed by atoms with van der Waals surface area (Å²) in [6.07, 6.45) is -3.06. The van der Waals surface area contributed by atoms with Gasteiger partial charge in [-0.1, -0.05) is 42.1 Å². The molecule has 5 nitrogen and oxygen atoms in total. The van der Waals surface area contributed by atoms with Crippen LogP contribution >= 0.6 is 11.8 Å². The number of carbonyl (C=O) groups is 1. The SMILES string of the molecule is C=CCn1c(SC(C)C(=O)Nc2ccccc2C(F)(F)F)nc2ccccc2c1=O. The van der Waals surface area contributed by atoms with Crippen molar-refractivity contribution in [2.75, 3.05) is 5.32 Å². The van der Waals surface area contributed by atoms with E-state index in [4.69, 9.17) is 0 Å². The van der Waals surface area contributed by atoms with Crippen LogP contribution in [-0.4, -0.2) is 20.7 Å². The standard InChI is InChI=1S/C21H18F3N3O2S/c1-3-12-27-19(29)14-8-4-6-10-16(14)26-20(27)30-13(2)18(28)25-17-11-7-5-9-15(17)21(22,23)24/h3-11,13H,1,12H2,2H3,(H,25,28). The highest BCUT2D eigenvalue weighted by atomic mass is 32.2. The van der Waals surface area contributed by atoms with Gasteiger partial charge in [0.1, 0.15) is 0 Å². The first-order valence-electron chi connectivity index (χ1n) is 8.96. The van der Waals surface area contributed by atoms with E-state index < -0.39 is 22.9 Å². The van der Waals surface area contributed by atoms with Crippen LogP contribution in [0.5, 0.6) is 0 Å². The van der Waals surface area contributed by atoms with Crippen LogP contribution in [0.15, 0.2) is 71.1 Å². The average Bonchev–Trinajstić information content (AvgIpc) is 2.70. The van der Waals surface area contributed by atoms with Crippen LogP contribution in [0.2, 0.25) is 0 Å². The fraction of sp³-hybridized carbons (Fsp3) is 0.190. The normalized spacial score (nSPS) is 12.5. The number of hydrogen-bond acceptors (Lipinski definition) is 4. The molecule has 1 unspecified atom stereocenters. The molecule has 0 aliphatic rings. The Morgan fingerprint density at radius 3 is 2.60 bits per heavy atom. The van der Waals surface area contributed by atoms with Crippen LogP contribution in [0.4, 0.5) is 18.9 Å². The Morgan fingerprint density at radius 2 is 1.90 bits per heavy atom.